The van der Waals surface area contributed by atoms with E-state index in [0.717, 1.165) is 12.8 Å². The van der Waals surface area contributed by atoms with Crippen LogP contribution in [-0.2, 0) is 0 Å². The molecule has 4 N–H and O–H groups in total. The van der Waals surface area contributed by atoms with Crippen LogP contribution in [0.2, 0.25) is 0 Å². The lowest BCUT2D eigenvalue weighted by atomic mass is 10.1. The van der Waals surface area contributed by atoms with Crippen LogP contribution in [-0.4, -0.2) is 29.6 Å². The molecule has 0 aliphatic heterocycles. The van der Waals surface area contributed by atoms with Crippen LogP contribution in [0.25, 0.3) is 0 Å². The predicted octanol–water partition coefficient (Wildman–Crippen LogP) is 1.54. The number of oxime groups is 1. The molecule has 1 aliphatic carbocycles. The highest BCUT2D eigenvalue weighted by atomic mass is 19.3. The van der Waals surface area contributed by atoms with Crippen LogP contribution >= 0.6 is 0 Å². The van der Waals surface area contributed by atoms with E-state index in [1.165, 1.54) is 24.3 Å². The van der Waals surface area contributed by atoms with Gasteiger partial charge in [0.2, 0.25) is 0 Å². The van der Waals surface area contributed by atoms with Gasteiger partial charge in [-0.15, -0.1) is 0 Å². The lowest BCUT2D eigenvalue weighted by Gasteiger charge is -2.17. The molecular weight excluding hydrogens is 284 g/mol. The monoisotopic (exact) mass is 299 g/mol. The number of carbonyl (C=O) groups excluding carboxylic acids is 1. The smallest absolute Gasteiger partial charge is 0.387 e. The number of carbonyl (C=O) groups is 1. The van der Waals surface area contributed by atoms with E-state index in [-0.39, 0.29) is 23.1 Å². The number of benzene rings is 1. The summed E-state index contributed by atoms with van der Waals surface area (Å²) in [6, 6.07) is 4.86. The van der Waals surface area contributed by atoms with Crippen molar-refractivity contribution in [2.45, 2.75) is 25.5 Å². The first-order valence-corrected chi connectivity index (χ1v) is 6.34. The van der Waals surface area contributed by atoms with Gasteiger partial charge in [0.15, 0.2) is 5.84 Å². The van der Waals surface area contributed by atoms with Gasteiger partial charge in [0.25, 0.3) is 5.91 Å². The van der Waals surface area contributed by atoms with Crippen molar-refractivity contribution >= 4 is 11.7 Å². The zero-order valence-corrected chi connectivity index (χ0v) is 11.0. The number of ether oxygens (including phenoxy) is 1. The van der Waals surface area contributed by atoms with Crippen molar-refractivity contribution in [1.82, 2.24) is 5.32 Å². The van der Waals surface area contributed by atoms with Gasteiger partial charge in [-0.2, -0.15) is 8.78 Å². The normalized spacial score (nSPS) is 16.6. The predicted molar refractivity (Wildman–Crippen MR) is 70.5 cm³/mol. The summed E-state index contributed by atoms with van der Waals surface area (Å²) in [5, 5.41) is 14.3. The van der Waals surface area contributed by atoms with Crippen molar-refractivity contribution in [3.63, 3.8) is 0 Å². The van der Waals surface area contributed by atoms with Gasteiger partial charge in [-0.25, -0.2) is 0 Å². The number of halogens is 2. The molecule has 21 heavy (non-hydrogen) atoms. The lowest BCUT2D eigenvalue weighted by Crippen LogP contribution is -2.46. The van der Waals surface area contributed by atoms with Gasteiger partial charge in [0, 0.05) is 5.56 Å². The molecule has 1 aliphatic rings. The number of nitrogens with two attached hydrogens (primary N) is 1. The van der Waals surface area contributed by atoms with E-state index >= 15 is 0 Å². The Hall–Kier alpha value is -2.38. The third kappa shape index (κ3) is 4.04. The van der Waals surface area contributed by atoms with Gasteiger partial charge in [0.1, 0.15) is 5.75 Å². The average molecular weight is 299 g/mol. The number of hydrogen-bond donors (Lipinski definition) is 3. The van der Waals surface area contributed by atoms with Crippen LogP contribution in [0.15, 0.2) is 29.4 Å². The summed E-state index contributed by atoms with van der Waals surface area (Å²) in [7, 11) is 0. The summed E-state index contributed by atoms with van der Waals surface area (Å²) in [5.74, 6) is -0.557. The molecule has 0 saturated heterocycles. The number of hydrogen-bond acceptors (Lipinski definition) is 4. The Bertz CT molecular complexity index is 547. The van der Waals surface area contributed by atoms with Crippen LogP contribution in [0.1, 0.15) is 23.2 Å². The molecule has 1 fully saturated rings. The molecule has 2 rings (SSSR count). The highest BCUT2D eigenvalue weighted by Gasteiger charge is 2.35. The fourth-order valence-corrected chi connectivity index (χ4v) is 1.96. The molecule has 114 valence electrons. The van der Waals surface area contributed by atoms with E-state index in [1.807, 2.05) is 0 Å². The second kappa shape index (κ2) is 6.38. The number of alkyl halides is 2. The second-order valence-electron chi connectivity index (χ2n) is 4.72. The van der Waals surface area contributed by atoms with Crippen LogP contribution in [0, 0.1) is 5.92 Å². The Balaban J connectivity index is 2.08. The van der Waals surface area contributed by atoms with Crippen molar-refractivity contribution in [2.24, 2.45) is 16.8 Å². The zero-order valence-electron chi connectivity index (χ0n) is 11.0. The molecule has 1 atom stereocenters. The molecule has 1 saturated carbocycles. The number of amidine groups is 1. The molecule has 0 heterocycles. The fourth-order valence-electron chi connectivity index (χ4n) is 1.96. The summed E-state index contributed by atoms with van der Waals surface area (Å²) in [6.45, 7) is -2.96. The average Bonchev–Trinajstić information content (AvgIpc) is 3.27. The van der Waals surface area contributed by atoms with Crippen LogP contribution < -0.4 is 15.8 Å². The highest BCUT2D eigenvalue weighted by molar-refractivity contribution is 5.98. The molecule has 1 amide bonds. The molecule has 0 radical (unpaired) electrons. The van der Waals surface area contributed by atoms with Crippen molar-refractivity contribution in [2.75, 3.05) is 0 Å². The number of rotatable bonds is 6. The Morgan fingerprint density at radius 1 is 1.48 bits per heavy atom. The van der Waals surface area contributed by atoms with Crippen LogP contribution in [0.4, 0.5) is 8.78 Å². The van der Waals surface area contributed by atoms with Crippen LogP contribution in [0.5, 0.6) is 5.75 Å². The van der Waals surface area contributed by atoms with Crippen molar-refractivity contribution in [3.05, 3.63) is 29.8 Å². The topological polar surface area (TPSA) is 96.9 Å². The standard InChI is InChI=1S/C13H15F2N3O3/c14-13(15)21-9-3-1-2-8(6-9)12(19)17-10(7-4-5-7)11(16)18-20/h1-3,6-7,10,13,20H,4-5H2,(H2,16,18)(H,17,19). The Morgan fingerprint density at radius 3 is 2.76 bits per heavy atom. The second-order valence-corrected chi connectivity index (χ2v) is 4.72. The molecule has 1 aromatic rings. The first-order chi connectivity index (χ1) is 10.0. The summed E-state index contributed by atoms with van der Waals surface area (Å²) in [6.07, 6.45) is 1.74. The molecule has 0 aromatic heterocycles. The van der Waals surface area contributed by atoms with E-state index in [9.17, 15) is 13.6 Å². The first kappa shape index (κ1) is 15.0. The van der Waals surface area contributed by atoms with Crippen molar-refractivity contribution < 1.29 is 23.5 Å². The van der Waals surface area contributed by atoms with Gasteiger partial charge in [-0.05, 0) is 37.0 Å². The Morgan fingerprint density at radius 2 is 2.19 bits per heavy atom. The molecule has 8 heteroatoms. The quantitative estimate of drug-likeness (QED) is 0.321. The molecule has 0 spiro atoms. The summed E-state index contributed by atoms with van der Waals surface area (Å²) < 4.78 is 28.5. The van der Waals surface area contributed by atoms with Crippen molar-refractivity contribution in [1.29, 1.82) is 0 Å². The van der Waals surface area contributed by atoms with E-state index in [4.69, 9.17) is 10.9 Å². The fraction of sp³-hybridized carbons (Fsp3) is 0.385. The van der Waals surface area contributed by atoms with Gasteiger partial charge in [-0.3, -0.25) is 4.79 Å². The maximum atomic E-state index is 12.1. The maximum Gasteiger partial charge on any atom is 0.387 e. The summed E-state index contributed by atoms with van der Waals surface area (Å²) in [5.41, 5.74) is 5.70. The molecular formula is C13H15F2N3O3. The highest BCUT2D eigenvalue weighted by Crippen LogP contribution is 2.33. The minimum atomic E-state index is -2.96. The Kier molecular flexibility index (Phi) is 4.56. The zero-order chi connectivity index (χ0) is 15.4. The van der Waals surface area contributed by atoms with E-state index < -0.39 is 18.6 Å². The number of nitrogens with one attached hydrogen (secondary N) is 1. The molecule has 6 nitrogen and oxygen atoms in total. The van der Waals surface area contributed by atoms with E-state index in [2.05, 4.69) is 15.2 Å². The van der Waals surface area contributed by atoms with Gasteiger partial charge in [-0.1, -0.05) is 11.2 Å². The molecule has 0 bridgehead atoms. The molecule has 1 aromatic carbocycles. The minimum Gasteiger partial charge on any atom is -0.435 e. The van der Waals surface area contributed by atoms with Crippen molar-refractivity contribution in [3.8, 4) is 5.75 Å². The van der Waals surface area contributed by atoms with E-state index in [0.29, 0.717) is 0 Å². The van der Waals surface area contributed by atoms with Crippen LogP contribution in [0.3, 0.4) is 0 Å². The third-order valence-electron chi connectivity index (χ3n) is 3.14. The first-order valence-electron chi connectivity index (χ1n) is 6.34. The SMILES string of the molecule is NC(=NO)C(NC(=O)c1cccc(OC(F)F)c1)C1CC1. The number of amides is 1. The largest absolute Gasteiger partial charge is 0.435 e. The molecule has 1 unspecified atom stereocenters. The Labute approximate surface area is 119 Å². The lowest BCUT2D eigenvalue weighted by molar-refractivity contribution is -0.0498. The van der Waals surface area contributed by atoms with Gasteiger partial charge in [0.05, 0.1) is 6.04 Å². The maximum absolute atomic E-state index is 12.1. The third-order valence-corrected chi connectivity index (χ3v) is 3.14. The summed E-state index contributed by atoms with van der Waals surface area (Å²) >= 11 is 0. The summed E-state index contributed by atoms with van der Waals surface area (Å²) in [4.78, 5) is 12.1. The number of nitrogens with zero attached hydrogens (tertiary/aromatic N) is 1. The minimum absolute atomic E-state index is 0.0779. The van der Waals surface area contributed by atoms with Gasteiger partial charge >= 0.3 is 6.61 Å². The van der Waals surface area contributed by atoms with Gasteiger partial charge < -0.3 is 21.0 Å². The van der Waals surface area contributed by atoms with E-state index in [1.54, 1.807) is 0 Å².